The molecular formula is C8H8F2N2O2. The standard InChI is InChI=1S/C8H8F2N2O2/c1-14-8(13)4-2-3-12-7(11)5(4)6(9)10/h2-3,6H,1H3,(H2,11,12). The molecule has 1 aromatic heterocycles. The van der Waals surface area contributed by atoms with Gasteiger partial charge in [-0.3, -0.25) is 0 Å². The minimum Gasteiger partial charge on any atom is -0.465 e. The van der Waals surface area contributed by atoms with Crippen LogP contribution in [0.25, 0.3) is 0 Å². The normalized spacial score (nSPS) is 10.3. The predicted molar refractivity (Wildman–Crippen MR) is 44.9 cm³/mol. The van der Waals surface area contributed by atoms with Crippen LogP contribution in [0.4, 0.5) is 14.6 Å². The molecule has 0 fully saturated rings. The summed E-state index contributed by atoms with van der Waals surface area (Å²) < 4.78 is 29.2. The van der Waals surface area contributed by atoms with Gasteiger partial charge in [0, 0.05) is 6.20 Å². The van der Waals surface area contributed by atoms with Crippen molar-refractivity contribution >= 4 is 11.8 Å². The summed E-state index contributed by atoms with van der Waals surface area (Å²) in [6, 6.07) is 1.14. The summed E-state index contributed by atoms with van der Waals surface area (Å²) in [7, 11) is 1.11. The number of alkyl halides is 2. The molecule has 0 aliphatic rings. The SMILES string of the molecule is COC(=O)c1ccnc(N)c1C(F)F. The van der Waals surface area contributed by atoms with Crippen LogP contribution in [0, 0.1) is 0 Å². The molecule has 0 aromatic carbocycles. The predicted octanol–water partition coefficient (Wildman–Crippen LogP) is 1.39. The lowest BCUT2D eigenvalue weighted by atomic mass is 10.1. The topological polar surface area (TPSA) is 65.2 Å². The van der Waals surface area contributed by atoms with Gasteiger partial charge >= 0.3 is 5.97 Å². The van der Waals surface area contributed by atoms with Crippen molar-refractivity contribution < 1.29 is 18.3 Å². The molecule has 0 saturated carbocycles. The highest BCUT2D eigenvalue weighted by molar-refractivity contribution is 5.92. The quantitative estimate of drug-likeness (QED) is 0.736. The lowest BCUT2D eigenvalue weighted by Crippen LogP contribution is -2.09. The van der Waals surface area contributed by atoms with E-state index in [0.717, 1.165) is 13.2 Å². The lowest BCUT2D eigenvalue weighted by Gasteiger charge is -2.08. The Bertz CT molecular complexity index is 355. The van der Waals surface area contributed by atoms with Gasteiger partial charge in [0.05, 0.1) is 18.2 Å². The number of esters is 1. The Labute approximate surface area is 78.7 Å². The van der Waals surface area contributed by atoms with E-state index < -0.39 is 18.0 Å². The van der Waals surface area contributed by atoms with E-state index in [1.54, 1.807) is 0 Å². The van der Waals surface area contributed by atoms with Crippen LogP contribution in [0.5, 0.6) is 0 Å². The van der Waals surface area contributed by atoms with E-state index in [2.05, 4.69) is 9.72 Å². The molecule has 1 aromatic rings. The van der Waals surface area contributed by atoms with Crippen LogP contribution in [-0.4, -0.2) is 18.1 Å². The van der Waals surface area contributed by atoms with Crippen molar-refractivity contribution in [3.05, 3.63) is 23.4 Å². The van der Waals surface area contributed by atoms with E-state index in [0.29, 0.717) is 0 Å². The average molecular weight is 202 g/mol. The van der Waals surface area contributed by atoms with E-state index in [4.69, 9.17) is 5.73 Å². The minimum atomic E-state index is -2.85. The summed E-state index contributed by atoms with van der Waals surface area (Å²) >= 11 is 0. The number of nitrogen functional groups attached to an aromatic ring is 1. The summed E-state index contributed by atoms with van der Waals surface area (Å²) in [5.41, 5.74) is 4.38. The molecule has 0 bridgehead atoms. The smallest absolute Gasteiger partial charge is 0.338 e. The molecule has 0 unspecified atom stereocenters. The van der Waals surface area contributed by atoms with Gasteiger partial charge in [0.1, 0.15) is 5.82 Å². The first-order valence-electron chi connectivity index (χ1n) is 3.68. The van der Waals surface area contributed by atoms with Gasteiger partial charge in [0.25, 0.3) is 6.43 Å². The van der Waals surface area contributed by atoms with Gasteiger partial charge in [0.15, 0.2) is 0 Å². The lowest BCUT2D eigenvalue weighted by molar-refractivity contribution is 0.0589. The number of carbonyl (C=O) groups is 1. The van der Waals surface area contributed by atoms with Crippen molar-refractivity contribution in [1.29, 1.82) is 0 Å². The Morgan fingerprint density at radius 3 is 2.79 bits per heavy atom. The van der Waals surface area contributed by atoms with Crippen LogP contribution < -0.4 is 5.73 Å². The molecule has 0 aliphatic carbocycles. The summed E-state index contributed by atoms with van der Waals surface area (Å²) in [5.74, 6) is -1.21. The number of aromatic nitrogens is 1. The minimum absolute atomic E-state index is 0.255. The van der Waals surface area contributed by atoms with E-state index >= 15 is 0 Å². The van der Waals surface area contributed by atoms with Gasteiger partial charge in [0.2, 0.25) is 0 Å². The van der Waals surface area contributed by atoms with Crippen molar-refractivity contribution in [3.63, 3.8) is 0 Å². The number of methoxy groups -OCH3 is 1. The van der Waals surface area contributed by atoms with E-state index in [-0.39, 0.29) is 11.4 Å². The van der Waals surface area contributed by atoms with Crippen LogP contribution >= 0.6 is 0 Å². The molecule has 0 saturated heterocycles. The van der Waals surface area contributed by atoms with Gasteiger partial charge in [-0.05, 0) is 6.07 Å². The summed E-state index contributed by atoms with van der Waals surface area (Å²) in [5, 5.41) is 0. The second kappa shape index (κ2) is 3.99. The van der Waals surface area contributed by atoms with Crippen LogP contribution in [0.1, 0.15) is 22.3 Å². The Hall–Kier alpha value is -1.72. The molecule has 2 N–H and O–H groups in total. The molecule has 4 nitrogen and oxygen atoms in total. The number of ether oxygens (including phenoxy) is 1. The zero-order valence-electron chi connectivity index (χ0n) is 7.33. The molecule has 1 heterocycles. The number of anilines is 1. The van der Waals surface area contributed by atoms with Crippen molar-refractivity contribution in [2.75, 3.05) is 12.8 Å². The molecule has 0 amide bonds. The number of nitrogens with zero attached hydrogens (tertiary/aromatic N) is 1. The highest BCUT2D eigenvalue weighted by atomic mass is 19.3. The van der Waals surface area contributed by atoms with Gasteiger partial charge in [-0.2, -0.15) is 0 Å². The van der Waals surface area contributed by atoms with Crippen molar-refractivity contribution in [2.24, 2.45) is 0 Å². The van der Waals surface area contributed by atoms with E-state index in [1.165, 1.54) is 6.20 Å². The van der Waals surface area contributed by atoms with Gasteiger partial charge in [-0.15, -0.1) is 0 Å². The fourth-order valence-electron chi connectivity index (χ4n) is 1.01. The van der Waals surface area contributed by atoms with Gasteiger partial charge in [-0.25, -0.2) is 18.6 Å². The molecule has 76 valence electrons. The average Bonchev–Trinajstić information content (AvgIpc) is 2.15. The Morgan fingerprint density at radius 2 is 2.29 bits per heavy atom. The fraction of sp³-hybridized carbons (Fsp3) is 0.250. The van der Waals surface area contributed by atoms with Crippen LogP contribution in [0.2, 0.25) is 0 Å². The number of rotatable bonds is 2. The second-order valence-corrected chi connectivity index (χ2v) is 2.45. The Balaban J connectivity index is 3.28. The molecule has 0 atom stereocenters. The molecule has 0 radical (unpaired) electrons. The van der Waals surface area contributed by atoms with Crippen molar-refractivity contribution in [3.8, 4) is 0 Å². The zero-order valence-corrected chi connectivity index (χ0v) is 7.33. The largest absolute Gasteiger partial charge is 0.465 e. The van der Waals surface area contributed by atoms with E-state index in [1.807, 2.05) is 0 Å². The maximum Gasteiger partial charge on any atom is 0.338 e. The summed E-state index contributed by atoms with van der Waals surface area (Å²) in [4.78, 5) is 14.5. The van der Waals surface area contributed by atoms with Gasteiger partial charge < -0.3 is 10.5 Å². The van der Waals surface area contributed by atoms with Crippen molar-refractivity contribution in [1.82, 2.24) is 4.98 Å². The number of halogens is 2. The fourth-order valence-corrected chi connectivity index (χ4v) is 1.01. The maximum atomic E-state index is 12.5. The van der Waals surface area contributed by atoms with Crippen LogP contribution in [0.3, 0.4) is 0 Å². The number of pyridine rings is 1. The third-order valence-electron chi connectivity index (χ3n) is 1.64. The third kappa shape index (κ3) is 1.78. The molecule has 1 rings (SSSR count). The monoisotopic (exact) mass is 202 g/mol. The number of hydrogen-bond donors (Lipinski definition) is 1. The second-order valence-electron chi connectivity index (χ2n) is 2.45. The summed E-state index contributed by atoms with van der Waals surface area (Å²) in [6.45, 7) is 0. The number of carbonyl (C=O) groups excluding carboxylic acids is 1. The highest BCUT2D eigenvalue weighted by Gasteiger charge is 2.22. The number of hydrogen-bond acceptors (Lipinski definition) is 4. The van der Waals surface area contributed by atoms with Gasteiger partial charge in [-0.1, -0.05) is 0 Å². The van der Waals surface area contributed by atoms with Crippen LogP contribution in [-0.2, 0) is 4.74 Å². The Kier molecular flexibility index (Phi) is 2.95. The first-order valence-corrected chi connectivity index (χ1v) is 3.68. The highest BCUT2D eigenvalue weighted by Crippen LogP contribution is 2.27. The Morgan fingerprint density at radius 1 is 1.64 bits per heavy atom. The maximum absolute atomic E-state index is 12.5. The molecule has 6 heteroatoms. The molecule has 14 heavy (non-hydrogen) atoms. The first-order chi connectivity index (χ1) is 6.57. The molecule has 0 aliphatic heterocycles. The van der Waals surface area contributed by atoms with E-state index in [9.17, 15) is 13.6 Å². The molecular weight excluding hydrogens is 194 g/mol. The zero-order chi connectivity index (χ0) is 10.7. The molecule has 0 spiro atoms. The first kappa shape index (κ1) is 10.4. The third-order valence-corrected chi connectivity index (χ3v) is 1.64. The summed E-state index contributed by atoms with van der Waals surface area (Å²) in [6.07, 6.45) is -1.68. The van der Waals surface area contributed by atoms with Crippen LogP contribution in [0.15, 0.2) is 12.3 Å². The van der Waals surface area contributed by atoms with Crippen molar-refractivity contribution in [2.45, 2.75) is 6.43 Å². The number of nitrogens with two attached hydrogens (primary N) is 1.